The van der Waals surface area contributed by atoms with Crippen molar-refractivity contribution in [3.8, 4) is 11.8 Å². The van der Waals surface area contributed by atoms with E-state index in [1.54, 1.807) is 6.07 Å². The number of nitrogens with zero attached hydrogens (tertiary/aromatic N) is 1. The van der Waals surface area contributed by atoms with Gasteiger partial charge in [0.15, 0.2) is 0 Å². The van der Waals surface area contributed by atoms with Gasteiger partial charge in [-0.25, -0.2) is 0 Å². The molecule has 0 fully saturated rings. The Labute approximate surface area is 78.8 Å². The van der Waals surface area contributed by atoms with Gasteiger partial charge in [-0.3, -0.25) is 0 Å². The highest BCUT2D eigenvalue weighted by Gasteiger charge is 1.99. The van der Waals surface area contributed by atoms with Crippen molar-refractivity contribution in [2.75, 3.05) is 6.61 Å². The molecule has 0 aliphatic rings. The fourth-order valence-electron chi connectivity index (χ4n) is 1.03. The summed E-state index contributed by atoms with van der Waals surface area (Å²) in [6.45, 7) is 4.68. The number of nitriles is 1. The van der Waals surface area contributed by atoms with Crippen LogP contribution in [0.5, 0.6) is 5.75 Å². The van der Waals surface area contributed by atoms with Crippen LogP contribution in [0.2, 0.25) is 0 Å². The Morgan fingerprint density at radius 1 is 1.46 bits per heavy atom. The number of rotatable bonds is 3. The van der Waals surface area contributed by atoms with Gasteiger partial charge in [-0.15, -0.1) is 0 Å². The summed E-state index contributed by atoms with van der Waals surface area (Å²) in [4.78, 5) is 0. The second kappa shape index (κ2) is 4.51. The van der Waals surface area contributed by atoms with Crippen molar-refractivity contribution < 1.29 is 4.74 Å². The largest absolute Gasteiger partial charge is 0.494 e. The Balaban J connectivity index is 2.82. The van der Waals surface area contributed by atoms with Crippen molar-refractivity contribution in [2.45, 2.75) is 20.3 Å². The van der Waals surface area contributed by atoms with Crippen LogP contribution in [0, 0.1) is 18.3 Å². The molecule has 0 saturated carbocycles. The van der Waals surface area contributed by atoms with Gasteiger partial charge >= 0.3 is 0 Å². The molecular weight excluding hydrogens is 162 g/mol. The van der Waals surface area contributed by atoms with Crippen LogP contribution < -0.4 is 4.74 Å². The van der Waals surface area contributed by atoms with Gasteiger partial charge in [0.2, 0.25) is 0 Å². The zero-order chi connectivity index (χ0) is 9.68. The van der Waals surface area contributed by atoms with Crippen LogP contribution in [0.3, 0.4) is 0 Å². The second-order valence-electron chi connectivity index (χ2n) is 2.94. The average molecular weight is 175 g/mol. The van der Waals surface area contributed by atoms with E-state index in [0.29, 0.717) is 12.2 Å². The molecule has 68 valence electrons. The third-order valence-corrected chi connectivity index (χ3v) is 1.80. The lowest BCUT2D eigenvalue weighted by Gasteiger charge is -2.05. The SMILES string of the molecule is CCCOc1ccc(C)c(C#N)c1. The summed E-state index contributed by atoms with van der Waals surface area (Å²) >= 11 is 0. The summed E-state index contributed by atoms with van der Waals surface area (Å²) < 4.78 is 5.40. The van der Waals surface area contributed by atoms with Gasteiger partial charge in [0.25, 0.3) is 0 Å². The fourth-order valence-corrected chi connectivity index (χ4v) is 1.03. The van der Waals surface area contributed by atoms with Crippen LogP contribution in [0.4, 0.5) is 0 Å². The molecule has 1 rings (SSSR count). The van der Waals surface area contributed by atoms with Gasteiger partial charge in [-0.05, 0) is 31.0 Å². The minimum atomic E-state index is 0.689. The molecule has 0 bridgehead atoms. The lowest BCUT2D eigenvalue weighted by Crippen LogP contribution is -1.95. The number of benzene rings is 1. The Bertz CT molecular complexity index is 325. The van der Waals surface area contributed by atoms with Crippen LogP contribution in [0.25, 0.3) is 0 Å². The molecule has 0 aromatic heterocycles. The summed E-state index contributed by atoms with van der Waals surface area (Å²) in [5, 5.41) is 8.76. The topological polar surface area (TPSA) is 33.0 Å². The van der Waals surface area contributed by atoms with Crippen molar-refractivity contribution >= 4 is 0 Å². The molecule has 0 aliphatic carbocycles. The van der Waals surface area contributed by atoms with Gasteiger partial charge in [-0.2, -0.15) is 5.26 Å². The highest BCUT2D eigenvalue weighted by Crippen LogP contribution is 2.16. The molecule has 1 aromatic rings. The highest BCUT2D eigenvalue weighted by molar-refractivity contribution is 5.42. The average Bonchev–Trinajstić information content (AvgIpc) is 2.16. The molecule has 0 spiro atoms. The highest BCUT2D eigenvalue weighted by atomic mass is 16.5. The molecule has 1 aromatic carbocycles. The van der Waals surface area contributed by atoms with Crippen LogP contribution in [0.1, 0.15) is 24.5 Å². The number of hydrogen-bond donors (Lipinski definition) is 0. The predicted octanol–water partition coefficient (Wildman–Crippen LogP) is 2.66. The second-order valence-corrected chi connectivity index (χ2v) is 2.94. The zero-order valence-corrected chi connectivity index (χ0v) is 8.00. The van der Waals surface area contributed by atoms with E-state index < -0.39 is 0 Å². The van der Waals surface area contributed by atoms with Gasteiger partial charge in [0.05, 0.1) is 18.2 Å². The summed E-state index contributed by atoms with van der Waals surface area (Å²) in [5.74, 6) is 0.781. The summed E-state index contributed by atoms with van der Waals surface area (Å²) in [6.07, 6.45) is 0.982. The minimum absolute atomic E-state index is 0.689. The van der Waals surface area contributed by atoms with Crippen molar-refractivity contribution in [3.63, 3.8) is 0 Å². The molecule has 0 heterocycles. The molecule has 0 amide bonds. The Kier molecular flexibility index (Phi) is 3.33. The van der Waals surface area contributed by atoms with Crippen molar-refractivity contribution in [3.05, 3.63) is 29.3 Å². The summed E-state index contributed by atoms with van der Waals surface area (Å²) in [5.41, 5.74) is 1.68. The van der Waals surface area contributed by atoms with Crippen molar-refractivity contribution in [2.24, 2.45) is 0 Å². The van der Waals surface area contributed by atoms with E-state index in [2.05, 4.69) is 13.0 Å². The standard InChI is InChI=1S/C11H13NO/c1-3-6-13-11-5-4-9(2)10(7-11)8-12/h4-5,7H,3,6H2,1-2H3. The monoisotopic (exact) mass is 175 g/mol. The molecule has 0 N–H and O–H groups in total. The van der Waals surface area contributed by atoms with Crippen LogP contribution >= 0.6 is 0 Å². The summed E-state index contributed by atoms with van der Waals surface area (Å²) in [7, 11) is 0. The molecule has 0 radical (unpaired) electrons. The lowest BCUT2D eigenvalue weighted by molar-refractivity contribution is 0.317. The first-order chi connectivity index (χ1) is 6.27. The number of hydrogen-bond acceptors (Lipinski definition) is 2. The van der Waals surface area contributed by atoms with Gasteiger partial charge in [0, 0.05) is 0 Å². The number of aryl methyl sites for hydroxylation is 1. The van der Waals surface area contributed by atoms with Crippen molar-refractivity contribution in [1.82, 2.24) is 0 Å². The molecule has 0 saturated heterocycles. The first-order valence-electron chi connectivity index (χ1n) is 4.41. The van der Waals surface area contributed by atoms with Crippen molar-refractivity contribution in [1.29, 1.82) is 5.26 Å². The van der Waals surface area contributed by atoms with Gasteiger partial charge < -0.3 is 4.74 Å². The summed E-state index contributed by atoms with van der Waals surface area (Å²) in [6, 6.07) is 7.72. The minimum Gasteiger partial charge on any atom is -0.494 e. The Morgan fingerprint density at radius 3 is 2.85 bits per heavy atom. The van der Waals surface area contributed by atoms with E-state index in [1.807, 2.05) is 19.1 Å². The maximum atomic E-state index is 8.76. The normalized spacial score (nSPS) is 9.31. The quantitative estimate of drug-likeness (QED) is 0.707. The Morgan fingerprint density at radius 2 is 2.23 bits per heavy atom. The van der Waals surface area contributed by atoms with E-state index in [0.717, 1.165) is 17.7 Å². The molecule has 13 heavy (non-hydrogen) atoms. The molecule has 2 nitrogen and oxygen atoms in total. The molecule has 0 unspecified atom stereocenters. The lowest BCUT2D eigenvalue weighted by atomic mass is 10.1. The third kappa shape index (κ3) is 2.48. The molecular formula is C11H13NO. The van der Waals surface area contributed by atoms with Crippen LogP contribution in [-0.2, 0) is 0 Å². The predicted molar refractivity (Wildman–Crippen MR) is 51.7 cm³/mol. The molecule has 0 atom stereocenters. The van der Waals surface area contributed by atoms with Crippen LogP contribution in [-0.4, -0.2) is 6.61 Å². The first kappa shape index (κ1) is 9.60. The van der Waals surface area contributed by atoms with E-state index in [4.69, 9.17) is 10.00 Å². The van der Waals surface area contributed by atoms with E-state index in [9.17, 15) is 0 Å². The molecule has 0 aliphatic heterocycles. The van der Waals surface area contributed by atoms with E-state index in [1.165, 1.54) is 0 Å². The zero-order valence-electron chi connectivity index (χ0n) is 8.00. The van der Waals surface area contributed by atoms with Gasteiger partial charge in [0.1, 0.15) is 5.75 Å². The maximum Gasteiger partial charge on any atom is 0.120 e. The first-order valence-corrected chi connectivity index (χ1v) is 4.41. The number of ether oxygens (including phenoxy) is 1. The smallest absolute Gasteiger partial charge is 0.120 e. The van der Waals surface area contributed by atoms with E-state index in [-0.39, 0.29) is 0 Å². The van der Waals surface area contributed by atoms with Gasteiger partial charge in [-0.1, -0.05) is 13.0 Å². The molecule has 2 heteroatoms. The van der Waals surface area contributed by atoms with E-state index >= 15 is 0 Å². The fraction of sp³-hybridized carbons (Fsp3) is 0.364. The maximum absolute atomic E-state index is 8.76. The third-order valence-electron chi connectivity index (χ3n) is 1.80. The van der Waals surface area contributed by atoms with Crippen LogP contribution in [0.15, 0.2) is 18.2 Å². The Hall–Kier alpha value is -1.49.